The molecule has 25 heavy (non-hydrogen) atoms. The first-order valence-electron chi connectivity index (χ1n) is 9.29. The molecule has 0 N–H and O–H groups in total. The summed E-state index contributed by atoms with van der Waals surface area (Å²) >= 11 is 0. The molecule has 0 unspecified atom stereocenters. The zero-order valence-corrected chi connectivity index (χ0v) is 15.0. The molecular weight excluding hydrogens is 310 g/mol. The van der Waals surface area contributed by atoms with Gasteiger partial charge in [0.1, 0.15) is 0 Å². The Kier molecular flexibility index (Phi) is 4.73. The first-order valence-corrected chi connectivity index (χ1v) is 9.29. The van der Waals surface area contributed by atoms with Gasteiger partial charge in [0.15, 0.2) is 0 Å². The Hall–Kier alpha value is -1.91. The minimum Gasteiger partial charge on any atom is -0.367 e. The van der Waals surface area contributed by atoms with E-state index in [9.17, 15) is 0 Å². The van der Waals surface area contributed by atoms with Gasteiger partial charge in [-0.2, -0.15) is 5.10 Å². The van der Waals surface area contributed by atoms with Crippen LogP contribution in [-0.2, 0) is 17.8 Å². The number of allylic oxidation sites excluding steroid dienone is 1. The molecule has 1 saturated heterocycles. The van der Waals surface area contributed by atoms with Crippen molar-refractivity contribution in [2.24, 2.45) is 5.92 Å². The normalized spacial score (nSPS) is 24.4. The minimum atomic E-state index is 0.170. The van der Waals surface area contributed by atoms with E-state index in [1.165, 1.54) is 29.7 Å². The summed E-state index contributed by atoms with van der Waals surface area (Å²) < 4.78 is 8.49. The SMILES string of the molecule is C=CCn1ncc(CN2C[C@@H](c3ccccc3)O[C@@H](C3CC3)C2)c1C. The van der Waals surface area contributed by atoms with Crippen molar-refractivity contribution in [1.29, 1.82) is 0 Å². The van der Waals surface area contributed by atoms with Gasteiger partial charge in [-0.3, -0.25) is 9.58 Å². The van der Waals surface area contributed by atoms with E-state index in [4.69, 9.17) is 4.74 Å². The first kappa shape index (κ1) is 16.6. The fourth-order valence-electron chi connectivity index (χ4n) is 3.76. The van der Waals surface area contributed by atoms with Crippen LogP contribution in [0, 0.1) is 12.8 Å². The predicted octanol–water partition coefficient (Wildman–Crippen LogP) is 3.73. The van der Waals surface area contributed by atoms with E-state index in [0.717, 1.165) is 32.1 Å². The summed E-state index contributed by atoms with van der Waals surface area (Å²) in [5.41, 5.74) is 3.84. The number of rotatable bonds is 6. The standard InChI is InChI=1S/C21H27N3O/c1-3-11-24-16(2)19(12-22-24)13-23-14-20(17-7-5-4-6-8-17)25-21(15-23)18-9-10-18/h3-8,12,18,20-21H,1,9-11,13-15H2,2H3/t20-,21+/m0/s1. The van der Waals surface area contributed by atoms with Crippen LogP contribution in [-0.4, -0.2) is 33.9 Å². The highest BCUT2D eigenvalue weighted by Crippen LogP contribution is 2.39. The van der Waals surface area contributed by atoms with Gasteiger partial charge in [0, 0.05) is 30.9 Å². The molecule has 0 radical (unpaired) electrons. The van der Waals surface area contributed by atoms with Gasteiger partial charge >= 0.3 is 0 Å². The van der Waals surface area contributed by atoms with Crippen molar-refractivity contribution in [2.45, 2.75) is 45.1 Å². The Bertz CT molecular complexity index is 720. The highest BCUT2D eigenvalue weighted by molar-refractivity contribution is 5.20. The van der Waals surface area contributed by atoms with Crippen molar-refractivity contribution in [2.75, 3.05) is 13.1 Å². The molecule has 0 spiro atoms. The molecule has 132 valence electrons. The van der Waals surface area contributed by atoms with Gasteiger partial charge in [-0.1, -0.05) is 36.4 Å². The highest BCUT2D eigenvalue weighted by Gasteiger charge is 2.38. The van der Waals surface area contributed by atoms with Crippen LogP contribution in [0.15, 0.2) is 49.2 Å². The lowest BCUT2D eigenvalue weighted by atomic mass is 10.0. The first-order chi connectivity index (χ1) is 12.2. The Morgan fingerprint density at radius 2 is 2.04 bits per heavy atom. The summed E-state index contributed by atoms with van der Waals surface area (Å²) in [5, 5.41) is 4.50. The number of nitrogens with zero attached hydrogens (tertiary/aromatic N) is 3. The highest BCUT2D eigenvalue weighted by atomic mass is 16.5. The van der Waals surface area contributed by atoms with Crippen molar-refractivity contribution in [3.63, 3.8) is 0 Å². The summed E-state index contributed by atoms with van der Waals surface area (Å²) in [4.78, 5) is 2.55. The molecule has 0 bridgehead atoms. The van der Waals surface area contributed by atoms with Gasteiger partial charge in [-0.25, -0.2) is 0 Å². The molecule has 2 aromatic rings. The lowest BCUT2D eigenvalue weighted by Crippen LogP contribution is -2.44. The number of morpholine rings is 1. The summed E-state index contributed by atoms with van der Waals surface area (Å²) in [6.45, 7) is 9.65. The van der Waals surface area contributed by atoms with Gasteiger partial charge < -0.3 is 4.74 Å². The van der Waals surface area contributed by atoms with Crippen LogP contribution >= 0.6 is 0 Å². The second-order valence-electron chi connectivity index (χ2n) is 7.33. The van der Waals surface area contributed by atoms with Crippen LogP contribution in [0.3, 0.4) is 0 Å². The fraction of sp³-hybridized carbons (Fsp3) is 0.476. The molecule has 2 atom stereocenters. The van der Waals surface area contributed by atoms with Crippen LogP contribution in [0.1, 0.15) is 35.8 Å². The fourth-order valence-corrected chi connectivity index (χ4v) is 3.76. The van der Waals surface area contributed by atoms with Crippen molar-refractivity contribution < 1.29 is 4.74 Å². The number of hydrogen-bond acceptors (Lipinski definition) is 3. The minimum absolute atomic E-state index is 0.170. The number of aromatic nitrogens is 2. The number of ether oxygens (including phenoxy) is 1. The molecule has 2 fully saturated rings. The Labute approximate surface area is 150 Å². The van der Waals surface area contributed by atoms with Crippen LogP contribution in [0.2, 0.25) is 0 Å². The Morgan fingerprint density at radius 1 is 1.24 bits per heavy atom. The van der Waals surface area contributed by atoms with Crippen molar-refractivity contribution in [3.8, 4) is 0 Å². The summed E-state index contributed by atoms with van der Waals surface area (Å²) in [5.74, 6) is 0.749. The van der Waals surface area contributed by atoms with Gasteiger partial charge in [-0.15, -0.1) is 6.58 Å². The molecular formula is C21H27N3O. The van der Waals surface area contributed by atoms with Gasteiger partial charge in [0.05, 0.1) is 24.9 Å². The van der Waals surface area contributed by atoms with E-state index in [1.54, 1.807) is 0 Å². The largest absolute Gasteiger partial charge is 0.367 e. The van der Waals surface area contributed by atoms with Crippen LogP contribution < -0.4 is 0 Å². The van der Waals surface area contributed by atoms with Crippen LogP contribution in [0.4, 0.5) is 0 Å². The molecule has 0 amide bonds. The van der Waals surface area contributed by atoms with E-state index in [-0.39, 0.29) is 6.10 Å². The molecule has 1 aromatic heterocycles. The molecule has 1 aliphatic heterocycles. The molecule has 1 aromatic carbocycles. The quantitative estimate of drug-likeness (QED) is 0.753. The average molecular weight is 337 g/mol. The van der Waals surface area contributed by atoms with Gasteiger partial charge in [0.25, 0.3) is 0 Å². The maximum atomic E-state index is 6.46. The van der Waals surface area contributed by atoms with Crippen molar-refractivity contribution in [1.82, 2.24) is 14.7 Å². The third kappa shape index (κ3) is 3.70. The molecule has 1 saturated carbocycles. The molecule has 4 nitrogen and oxygen atoms in total. The second kappa shape index (κ2) is 7.14. The van der Waals surface area contributed by atoms with E-state index < -0.39 is 0 Å². The van der Waals surface area contributed by atoms with E-state index in [0.29, 0.717) is 6.10 Å². The topological polar surface area (TPSA) is 30.3 Å². The van der Waals surface area contributed by atoms with Gasteiger partial charge in [-0.05, 0) is 31.2 Å². The smallest absolute Gasteiger partial charge is 0.0956 e. The maximum Gasteiger partial charge on any atom is 0.0956 e. The lowest BCUT2D eigenvalue weighted by Gasteiger charge is -2.38. The molecule has 2 aliphatic rings. The number of hydrogen-bond donors (Lipinski definition) is 0. The number of benzene rings is 1. The summed E-state index contributed by atoms with van der Waals surface area (Å²) in [7, 11) is 0. The lowest BCUT2D eigenvalue weighted by molar-refractivity contribution is -0.0986. The van der Waals surface area contributed by atoms with E-state index >= 15 is 0 Å². The van der Waals surface area contributed by atoms with Crippen molar-refractivity contribution >= 4 is 0 Å². The third-order valence-corrected chi connectivity index (χ3v) is 5.42. The van der Waals surface area contributed by atoms with Gasteiger partial charge in [0.2, 0.25) is 0 Å². The molecule has 1 aliphatic carbocycles. The predicted molar refractivity (Wildman–Crippen MR) is 99.2 cm³/mol. The van der Waals surface area contributed by atoms with Crippen molar-refractivity contribution in [3.05, 3.63) is 66.0 Å². The molecule has 2 heterocycles. The monoisotopic (exact) mass is 337 g/mol. The summed E-state index contributed by atoms with van der Waals surface area (Å²) in [6, 6.07) is 10.7. The third-order valence-electron chi connectivity index (χ3n) is 5.42. The Morgan fingerprint density at radius 3 is 2.76 bits per heavy atom. The zero-order chi connectivity index (χ0) is 17.2. The van der Waals surface area contributed by atoms with E-state index in [1.807, 2.05) is 17.0 Å². The maximum absolute atomic E-state index is 6.46. The zero-order valence-electron chi connectivity index (χ0n) is 15.0. The average Bonchev–Trinajstić information content (AvgIpc) is 3.44. The summed E-state index contributed by atoms with van der Waals surface area (Å²) in [6.07, 6.45) is 7.07. The van der Waals surface area contributed by atoms with E-state index in [2.05, 4.69) is 53.8 Å². The molecule has 4 heteroatoms. The van der Waals surface area contributed by atoms with Crippen LogP contribution in [0.25, 0.3) is 0 Å². The van der Waals surface area contributed by atoms with Crippen LogP contribution in [0.5, 0.6) is 0 Å². The Balaban J connectivity index is 1.51. The second-order valence-corrected chi connectivity index (χ2v) is 7.33. The molecule has 4 rings (SSSR count).